The first-order chi connectivity index (χ1) is 12.2. The maximum atomic E-state index is 9.61. The highest BCUT2D eigenvalue weighted by Gasteiger charge is 2.16. The lowest BCUT2D eigenvalue weighted by Gasteiger charge is -2.18. The zero-order valence-corrected chi connectivity index (χ0v) is 15.4. The number of fused-ring (bicyclic) bond motifs is 1. The van der Waals surface area contributed by atoms with Gasteiger partial charge >= 0.3 is 0 Å². The van der Waals surface area contributed by atoms with Crippen LogP contribution in [-0.4, -0.2) is 16.1 Å². The van der Waals surface area contributed by atoms with Crippen molar-refractivity contribution >= 4 is 27.2 Å². The van der Waals surface area contributed by atoms with E-state index in [-0.39, 0.29) is 0 Å². The van der Waals surface area contributed by atoms with Crippen LogP contribution in [0.1, 0.15) is 39.0 Å². The molecule has 2 atom stereocenters. The van der Waals surface area contributed by atoms with Crippen LogP contribution in [0.3, 0.4) is 0 Å². The number of rotatable bonds is 3. The first-order valence-electron chi connectivity index (χ1n) is 9.14. The zero-order valence-electron chi connectivity index (χ0n) is 14.5. The van der Waals surface area contributed by atoms with Crippen molar-refractivity contribution in [3.8, 4) is 16.3 Å². The number of hydrogen-bond donors (Lipinski definition) is 2. The molecule has 1 aliphatic rings. The molecule has 0 spiro atoms. The molecule has 3 nitrogen and oxygen atoms in total. The fourth-order valence-corrected chi connectivity index (χ4v) is 4.62. The van der Waals surface area contributed by atoms with Crippen molar-refractivity contribution in [2.45, 2.75) is 45.1 Å². The molecule has 1 heterocycles. The van der Waals surface area contributed by atoms with Gasteiger partial charge in [-0.05, 0) is 67.6 Å². The van der Waals surface area contributed by atoms with E-state index in [4.69, 9.17) is 0 Å². The molecular formula is C21H24N2OS. The van der Waals surface area contributed by atoms with Crippen LogP contribution in [0.25, 0.3) is 20.8 Å². The molecule has 3 aromatic rings. The van der Waals surface area contributed by atoms with Gasteiger partial charge in [0.2, 0.25) is 0 Å². The molecule has 1 fully saturated rings. The second-order valence-electron chi connectivity index (χ2n) is 7.20. The number of aromatic hydroxyl groups is 1. The van der Waals surface area contributed by atoms with E-state index in [2.05, 4.69) is 41.5 Å². The standard InChI is InChI=1S/C21H24N2OS/c1-14-3-2-4-16(8-5-14)22-17-9-6-15(7-10-17)21-23-19-12-11-18(24)13-20(19)25-21/h6-7,9-14,16,22,24H,2-5,8H2,1H3. The van der Waals surface area contributed by atoms with Crippen LogP contribution in [0.15, 0.2) is 42.5 Å². The number of nitrogens with zero attached hydrogens (tertiary/aromatic N) is 1. The highest BCUT2D eigenvalue weighted by Crippen LogP contribution is 2.33. The highest BCUT2D eigenvalue weighted by molar-refractivity contribution is 7.21. The molecule has 25 heavy (non-hydrogen) atoms. The van der Waals surface area contributed by atoms with Crippen LogP contribution in [0.4, 0.5) is 5.69 Å². The number of phenols is 1. The van der Waals surface area contributed by atoms with Crippen LogP contribution < -0.4 is 5.32 Å². The second-order valence-corrected chi connectivity index (χ2v) is 8.23. The average molecular weight is 353 g/mol. The Labute approximate surface area is 152 Å². The Kier molecular flexibility index (Phi) is 4.62. The molecule has 1 aliphatic carbocycles. The quantitative estimate of drug-likeness (QED) is 0.564. The molecule has 2 N–H and O–H groups in total. The Morgan fingerprint density at radius 2 is 1.88 bits per heavy atom. The number of benzene rings is 2. The van der Waals surface area contributed by atoms with Crippen molar-refractivity contribution in [2.24, 2.45) is 5.92 Å². The summed E-state index contributed by atoms with van der Waals surface area (Å²) in [6, 6.07) is 14.5. The molecule has 130 valence electrons. The largest absolute Gasteiger partial charge is 0.508 e. The molecule has 1 aromatic heterocycles. The minimum atomic E-state index is 0.292. The lowest BCUT2D eigenvalue weighted by atomic mass is 10.0. The molecule has 0 radical (unpaired) electrons. The predicted molar refractivity (Wildman–Crippen MR) is 106 cm³/mol. The minimum absolute atomic E-state index is 0.292. The summed E-state index contributed by atoms with van der Waals surface area (Å²) < 4.78 is 1.02. The molecule has 1 saturated carbocycles. The molecule has 2 unspecified atom stereocenters. The highest BCUT2D eigenvalue weighted by atomic mass is 32.1. The fourth-order valence-electron chi connectivity index (χ4n) is 3.61. The Balaban J connectivity index is 1.49. The third-order valence-corrected chi connectivity index (χ3v) is 6.20. The van der Waals surface area contributed by atoms with E-state index in [9.17, 15) is 5.11 Å². The monoisotopic (exact) mass is 352 g/mol. The SMILES string of the molecule is CC1CCCC(Nc2ccc(-c3nc4ccc(O)cc4s3)cc2)CC1. The molecule has 4 heteroatoms. The van der Waals surface area contributed by atoms with Crippen LogP contribution in [0.2, 0.25) is 0 Å². The van der Waals surface area contributed by atoms with E-state index in [1.165, 1.54) is 37.8 Å². The van der Waals surface area contributed by atoms with Crippen molar-refractivity contribution in [3.05, 3.63) is 42.5 Å². The summed E-state index contributed by atoms with van der Waals surface area (Å²) in [5.41, 5.74) is 3.26. The summed E-state index contributed by atoms with van der Waals surface area (Å²) in [4.78, 5) is 4.68. The van der Waals surface area contributed by atoms with Crippen molar-refractivity contribution < 1.29 is 5.11 Å². The van der Waals surface area contributed by atoms with E-state index in [0.717, 1.165) is 26.7 Å². The summed E-state index contributed by atoms with van der Waals surface area (Å²) in [5, 5.41) is 14.3. The van der Waals surface area contributed by atoms with Gasteiger partial charge in [-0.1, -0.05) is 19.8 Å². The van der Waals surface area contributed by atoms with Crippen LogP contribution in [-0.2, 0) is 0 Å². The summed E-state index contributed by atoms with van der Waals surface area (Å²) in [7, 11) is 0. The number of nitrogens with one attached hydrogen (secondary N) is 1. The Hall–Kier alpha value is -2.07. The maximum absolute atomic E-state index is 9.61. The first-order valence-corrected chi connectivity index (χ1v) is 9.95. The van der Waals surface area contributed by atoms with Gasteiger partial charge in [0.25, 0.3) is 0 Å². The Morgan fingerprint density at radius 3 is 2.72 bits per heavy atom. The van der Waals surface area contributed by atoms with E-state index in [1.54, 1.807) is 23.5 Å². The third-order valence-electron chi connectivity index (χ3n) is 5.13. The minimum Gasteiger partial charge on any atom is -0.508 e. The van der Waals surface area contributed by atoms with Gasteiger partial charge < -0.3 is 10.4 Å². The van der Waals surface area contributed by atoms with Gasteiger partial charge in [0.1, 0.15) is 10.8 Å². The number of hydrogen-bond acceptors (Lipinski definition) is 4. The van der Waals surface area contributed by atoms with E-state index in [0.29, 0.717) is 11.8 Å². The summed E-state index contributed by atoms with van der Waals surface area (Å²) in [6.45, 7) is 2.37. The number of thiazole rings is 1. The third kappa shape index (κ3) is 3.79. The number of phenolic OH excluding ortho intramolecular Hbond substituents is 1. The molecule has 0 amide bonds. The van der Waals surface area contributed by atoms with Crippen molar-refractivity contribution in [1.29, 1.82) is 0 Å². The zero-order chi connectivity index (χ0) is 17.2. The number of aromatic nitrogens is 1. The van der Waals surface area contributed by atoms with Gasteiger partial charge in [0, 0.05) is 17.3 Å². The molecule has 2 aromatic carbocycles. The van der Waals surface area contributed by atoms with Gasteiger partial charge in [-0.2, -0.15) is 0 Å². The summed E-state index contributed by atoms with van der Waals surface area (Å²) in [5.74, 6) is 1.16. The van der Waals surface area contributed by atoms with Crippen LogP contribution in [0.5, 0.6) is 5.75 Å². The number of anilines is 1. The van der Waals surface area contributed by atoms with Crippen molar-refractivity contribution in [2.75, 3.05) is 5.32 Å². The lowest BCUT2D eigenvalue weighted by molar-refractivity contribution is 0.476. The summed E-state index contributed by atoms with van der Waals surface area (Å²) in [6.07, 6.45) is 6.56. The first kappa shape index (κ1) is 16.4. The fraction of sp³-hybridized carbons (Fsp3) is 0.381. The maximum Gasteiger partial charge on any atom is 0.124 e. The second kappa shape index (κ2) is 7.04. The summed E-state index contributed by atoms with van der Waals surface area (Å²) >= 11 is 1.62. The van der Waals surface area contributed by atoms with Gasteiger partial charge in [0.05, 0.1) is 10.2 Å². The molecule has 0 saturated heterocycles. The van der Waals surface area contributed by atoms with Gasteiger partial charge in [-0.3, -0.25) is 0 Å². The van der Waals surface area contributed by atoms with E-state index < -0.39 is 0 Å². The van der Waals surface area contributed by atoms with E-state index in [1.807, 2.05) is 6.07 Å². The molecular weight excluding hydrogens is 328 g/mol. The topological polar surface area (TPSA) is 45.2 Å². The van der Waals surface area contributed by atoms with Crippen molar-refractivity contribution in [3.63, 3.8) is 0 Å². The molecule has 0 aliphatic heterocycles. The Bertz CT molecular complexity index is 856. The van der Waals surface area contributed by atoms with Crippen LogP contribution >= 0.6 is 11.3 Å². The lowest BCUT2D eigenvalue weighted by Crippen LogP contribution is -2.18. The average Bonchev–Trinajstić information content (AvgIpc) is 2.92. The molecule has 4 rings (SSSR count). The van der Waals surface area contributed by atoms with Crippen molar-refractivity contribution in [1.82, 2.24) is 4.98 Å². The van der Waals surface area contributed by atoms with Gasteiger partial charge in [-0.15, -0.1) is 11.3 Å². The predicted octanol–water partition coefficient (Wildman–Crippen LogP) is 6.05. The Morgan fingerprint density at radius 1 is 1.04 bits per heavy atom. The van der Waals surface area contributed by atoms with Gasteiger partial charge in [0.15, 0.2) is 0 Å². The normalized spacial score (nSPS) is 21.2. The molecule has 0 bridgehead atoms. The van der Waals surface area contributed by atoms with E-state index >= 15 is 0 Å². The van der Waals surface area contributed by atoms with Crippen LogP contribution in [0, 0.1) is 5.92 Å². The van der Waals surface area contributed by atoms with Gasteiger partial charge in [-0.25, -0.2) is 4.98 Å². The smallest absolute Gasteiger partial charge is 0.124 e.